The van der Waals surface area contributed by atoms with E-state index in [0.717, 1.165) is 11.3 Å². The summed E-state index contributed by atoms with van der Waals surface area (Å²) in [5, 5.41) is 0.598. The molecule has 0 atom stereocenters. The minimum Gasteiger partial charge on any atom is -0.369 e. The fourth-order valence-electron chi connectivity index (χ4n) is 3.28. The molecule has 1 heterocycles. The monoisotopic (exact) mass is 392 g/mol. The van der Waals surface area contributed by atoms with Crippen molar-refractivity contribution in [2.75, 3.05) is 31.1 Å². The predicted molar refractivity (Wildman–Crippen MR) is 108 cm³/mol. The summed E-state index contributed by atoms with van der Waals surface area (Å²) in [4.78, 5) is 2.61. The lowest BCUT2D eigenvalue weighted by molar-refractivity contribution is 0.384. The van der Waals surface area contributed by atoms with E-state index in [2.05, 4.69) is 36.9 Å². The molecule has 0 spiro atoms. The van der Waals surface area contributed by atoms with Gasteiger partial charge in [-0.05, 0) is 74.2 Å². The van der Waals surface area contributed by atoms with Crippen molar-refractivity contribution in [2.24, 2.45) is 0 Å². The van der Waals surface area contributed by atoms with Gasteiger partial charge in [0.15, 0.2) is 0 Å². The van der Waals surface area contributed by atoms with Crippen molar-refractivity contribution in [3.63, 3.8) is 0 Å². The summed E-state index contributed by atoms with van der Waals surface area (Å²) in [7, 11) is -3.50. The molecule has 140 valence electrons. The highest BCUT2D eigenvalue weighted by Crippen LogP contribution is 2.28. The summed E-state index contributed by atoms with van der Waals surface area (Å²) in [6.45, 7) is 10.2. The van der Waals surface area contributed by atoms with Crippen LogP contribution in [-0.2, 0) is 10.0 Å². The Morgan fingerprint density at radius 2 is 1.46 bits per heavy atom. The van der Waals surface area contributed by atoms with Gasteiger partial charge in [0.1, 0.15) is 0 Å². The second-order valence-electron chi connectivity index (χ2n) is 7.03. The number of piperazine rings is 1. The largest absolute Gasteiger partial charge is 0.369 e. The van der Waals surface area contributed by atoms with E-state index in [1.165, 1.54) is 11.1 Å². The summed E-state index contributed by atoms with van der Waals surface area (Å²) < 4.78 is 27.7. The van der Waals surface area contributed by atoms with E-state index in [-0.39, 0.29) is 0 Å². The van der Waals surface area contributed by atoms with Crippen LogP contribution in [0.15, 0.2) is 35.2 Å². The van der Waals surface area contributed by atoms with Gasteiger partial charge in [0, 0.05) is 36.9 Å². The van der Waals surface area contributed by atoms with Gasteiger partial charge in [-0.3, -0.25) is 0 Å². The molecule has 0 bridgehead atoms. The number of anilines is 1. The standard InChI is InChI=1S/C20H25ClN2O2S/c1-14-5-6-18(11-15(14)2)22-7-9-23(10-8-22)26(24,25)20-13-16(3)19(21)12-17(20)4/h5-6,11-13H,7-10H2,1-4H3. The van der Waals surface area contributed by atoms with Crippen LogP contribution in [0.1, 0.15) is 22.3 Å². The first kappa shape index (κ1) is 19.2. The van der Waals surface area contributed by atoms with Gasteiger partial charge in [0.25, 0.3) is 0 Å². The lowest BCUT2D eigenvalue weighted by Gasteiger charge is -2.36. The highest BCUT2D eigenvalue weighted by molar-refractivity contribution is 7.89. The topological polar surface area (TPSA) is 40.6 Å². The van der Waals surface area contributed by atoms with Crippen LogP contribution in [0.2, 0.25) is 5.02 Å². The van der Waals surface area contributed by atoms with Gasteiger partial charge < -0.3 is 4.90 Å². The summed E-state index contributed by atoms with van der Waals surface area (Å²) in [5.74, 6) is 0. The molecular weight excluding hydrogens is 368 g/mol. The minimum absolute atomic E-state index is 0.360. The van der Waals surface area contributed by atoms with Crippen LogP contribution in [0.25, 0.3) is 0 Å². The molecule has 1 aliphatic heterocycles. The van der Waals surface area contributed by atoms with Crippen LogP contribution in [0.3, 0.4) is 0 Å². The third-order valence-electron chi connectivity index (χ3n) is 5.17. The van der Waals surface area contributed by atoms with E-state index < -0.39 is 10.0 Å². The second kappa shape index (κ2) is 7.22. The fourth-order valence-corrected chi connectivity index (χ4v) is 5.21. The van der Waals surface area contributed by atoms with Crippen molar-refractivity contribution < 1.29 is 8.42 Å². The average molecular weight is 393 g/mol. The van der Waals surface area contributed by atoms with Crippen LogP contribution in [0, 0.1) is 27.7 Å². The molecule has 6 heteroatoms. The minimum atomic E-state index is -3.50. The molecule has 2 aromatic carbocycles. The zero-order chi connectivity index (χ0) is 19.1. The first-order chi connectivity index (χ1) is 12.2. The van der Waals surface area contributed by atoms with Crippen molar-refractivity contribution in [2.45, 2.75) is 32.6 Å². The fraction of sp³-hybridized carbons (Fsp3) is 0.400. The molecule has 0 N–H and O–H groups in total. The highest BCUT2D eigenvalue weighted by Gasteiger charge is 2.30. The molecule has 0 radical (unpaired) electrons. The average Bonchev–Trinajstić information content (AvgIpc) is 2.60. The van der Waals surface area contributed by atoms with E-state index in [1.54, 1.807) is 23.4 Å². The Bertz CT molecular complexity index is 933. The molecule has 1 saturated heterocycles. The van der Waals surface area contributed by atoms with E-state index >= 15 is 0 Å². The maximum atomic E-state index is 13.1. The Hall–Kier alpha value is -1.56. The van der Waals surface area contributed by atoms with Crippen molar-refractivity contribution >= 4 is 27.3 Å². The molecule has 0 amide bonds. The van der Waals surface area contributed by atoms with Gasteiger partial charge in [-0.15, -0.1) is 0 Å². The van der Waals surface area contributed by atoms with Gasteiger partial charge >= 0.3 is 0 Å². The van der Waals surface area contributed by atoms with E-state index in [1.807, 2.05) is 6.92 Å². The summed E-state index contributed by atoms with van der Waals surface area (Å²) in [6.07, 6.45) is 0. The third kappa shape index (κ3) is 3.61. The number of halogens is 1. The van der Waals surface area contributed by atoms with Gasteiger partial charge in [-0.1, -0.05) is 17.7 Å². The summed E-state index contributed by atoms with van der Waals surface area (Å²) in [6, 6.07) is 9.82. The Labute approximate surface area is 161 Å². The van der Waals surface area contributed by atoms with Crippen LogP contribution >= 0.6 is 11.6 Å². The molecule has 0 aromatic heterocycles. The molecular formula is C20H25ClN2O2S. The summed E-state index contributed by atoms with van der Waals surface area (Å²) >= 11 is 6.12. The molecule has 1 fully saturated rings. The zero-order valence-electron chi connectivity index (χ0n) is 15.7. The molecule has 0 aliphatic carbocycles. The van der Waals surface area contributed by atoms with E-state index in [9.17, 15) is 8.42 Å². The highest BCUT2D eigenvalue weighted by atomic mass is 35.5. The van der Waals surface area contributed by atoms with Crippen molar-refractivity contribution in [3.8, 4) is 0 Å². The molecule has 0 unspecified atom stereocenters. The lowest BCUT2D eigenvalue weighted by atomic mass is 10.1. The number of sulfonamides is 1. The van der Waals surface area contributed by atoms with Crippen molar-refractivity contribution in [3.05, 3.63) is 57.6 Å². The zero-order valence-corrected chi connectivity index (χ0v) is 17.3. The van der Waals surface area contributed by atoms with Crippen molar-refractivity contribution in [1.82, 2.24) is 4.31 Å². The Kier molecular flexibility index (Phi) is 5.33. The van der Waals surface area contributed by atoms with Gasteiger partial charge in [0.2, 0.25) is 10.0 Å². The summed E-state index contributed by atoms with van der Waals surface area (Å²) in [5.41, 5.74) is 5.15. The molecule has 26 heavy (non-hydrogen) atoms. The third-order valence-corrected chi connectivity index (χ3v) is 7.62. The molecule has 1 aliphatic rings. The number of hydrogen-bond donors (Lipinski definition) is 0. The van der Waals surface area contributed by atoms with Crippen molar-refractivity contribution in [1.29, 1.82) is 0 Å². The predicted octanol–water partition coefficient (Wildman–Crippen LogP) is 4.08. The second-order valence-corrected chi connectivity index (χ2v) is 9.34. The molecule has 2 aromatic rings. The van der Waals surface area contributed by atoms with Crippen LogP contribution in [0.4, 0.5) is 5.69 Å². The van der Waals surface area contributed by atoms with Gasteiger partial charge in [-0.2, -0.15) is 4.31 Å². The number of nitrogens with zero attached hydrogens (tertiary/aromatic N) is 2. The van der Waals surface area contributed by atoms with Crippen LogP contribution in [0.5, 0.6) is 0 Å². The first-order valence-electron chi connectivity index (χ1n) is 8.79. The number of rotatable bonds is 3. The SMILES string of the molecule is Cc1ccc(N2CCN(S(=O)(=O)c3cc(C)c(Cl)cc3C)CC2)cc1C. The number of aryl methyl sites for hydroxylation is 4. The number of hydrogen-bond acceptors (Lipinski definition) is 3. The smallest absolute Gasteiger partial charge is 0.243 e. The maximum Gasteiger partial charge on any atom is 0.243 e. The van der Waals surface area contributed by atoms with Gasteiger partial charge in [-0.25, -0.2) is 8.42 Å². The molecule has 0 saturated carbocycles. The Morgan fingerprint density at radius 3 is 2.08 bits per heavy atom. The van der Waals surface area contributed by atoms with E-state index in [4.69, 9.17) is 11.6 Å². The molecule has 3 rings (SSSR count). The number of benzene rings is 2. The first-order valence-corrected chi connectivity index (χ1v) is 10.6. The molecule has 4 nitrogen and oxygen atoms in total. The Balaban J connectivity index is 1.78. The van der Waals surface area contributed by atoms with Crippen LogP contribution < -0.4 is 4.90 Å². The lowest BCUT2D eigenvalue weighted by Crippen LogP contribution is -2.48. The quantitative estimate of drug-likeness (QED) is 0.790. The maximum absolute atomic E-state index is 13.1. The van der Waals surface area contributed by atoms with Crippen LogP contribution in [-0.4, -0.2) is 38.9 Å². The van der Waals surface area contributed by atoms with E-state index in [0.29, 0.717) is 41.7 Å². The van der Waals surface area contributed by atoms with Gasteiger partial charge in [0.05, 0.1) is 4.90 Å². The normalized spacial score (nSPS) is 16.1. The Morgan fingerprint density at radius 1 is 0.808 bits per heavy atom.